The number of thiocarbonyl (C=S) groups is 1. The van der Waals surface area contributed by atoms with Crippen LogP contribution in [0.2, 0.25) is 5.02 Å². The first kappa shape index (κ1) is 12.6. The van der Waals surface area contributed by atoms with Crippen LogP contribution in [0.5, 0.6) is 0 Å². The van der Waals surface area contributed by atoms with Gasteiger partial charge < -0.3 is 10.6 Å². The normalized spacial score (nSPS) is 22.7. The number of benzene rings is 1. The van der Waals surface area contributed by atoms with Crippen LogP contribution in [-0.2, 0) is 4.79 Å². The Labute approximate surface area is 122 Å². The summed E-state index contributed by atoms with van der Waals surface area (Å²) < 4.78 is 0. The highest BCUT2D eigenvalue weighted by Gasteiger charge is 2.32. The van der Waals surface area contributed by atoms with E-state index in [9.17, 15) is 4.79 Å². The zero-order chi connectivity index (χ0) is 13.4. The molecule has 1 aliphatic heterocycles. The molecule has 1 aliphatic carbocycles. The number of nitrogens with one attached hydrogen (secondary N) is 2. The highest BCUT2D eigenvalue weighted by Crippen LogP contribution is 2.33. The number of carbonyl (C=O) groups excluding carboxylic acids is 1. The number of Topliss-reactive ketones (excluding diaryl/α,β-unsaturated/α-hetero) is 1. The minimum absolute atomic E-state index is 0.159. The first-order chi connectivity index (χ1) is 9.15. The molecule has 0 saturated heterocycles. The van der Waals surface area contributed by atoms with Gasteiger partial charge in [-0.1, -0.05) is 23.7 Å². The maximum absolute atomic E-state index is 12.2. The molecule has 3 rings (SSSR count). The molecule has 0 saturated carbocycles. The highest BCUT2D eigenvalue weighted by molar-refractivity contribution is 7.80. The van der Waals surface area contributed by atoms with Gasteiger partial charge in [0.1, 0.15) is 0 Å². The first-order valence-electron chi connectivity index (χ1n) is 6.24. The summed E-state index contributed by atoms with van der Waals surface area (Å²) in [7, 11) is 0. The zero-order valence-electron chi connectivity index (χ0n) is 10.2. The maximum atomic E-state index is 12.2. The van der Waals surface area contributed by atoms with Crippen molar-refractivity contribution in [2.75, 3.05) is 0 Å². The zero-order valence-corrected chi connectivity index (χ0v) is 11.8. The van der Waals surface area contributed by atoms with E-state index in [-0.39, 0.29) is 11.8 Å². The molecular formula is C14H13ClN2OS. The predicted molar refractivity (Wildman–Crippen MR) is 78.9 cm³/mol. The van der Waals surface area contributed by atoms with E-state index in [0.29, 0.717) is 16.6 Å². The number of halogens is 1. The van der Waals surface area contributed by atoms with Gasteiger partial charge in [-0.2, -0.15) is 0 Å². The maximum Gasteiger partial charge on any atom is 0.171 e. The Hall–Kier alpha value is -1.39. The van der Waals surface area contributed by atoms with Crippen molar-refractivity contribution in [3.8, 4) is 0 Å². The minimum atomic E-state index is -0.159. The van der Waals surface area contributed by atoms with Gasteiger partial charge in [-0.05, 0) is 42.8 Å². The molecule has 19 heavy (non-hydrogen) atoms. The van der Waals surface area contributed by atoms with E-state index in [2.05, 4.69) is 10.6 Å². The van der Waals surface area contributed by atoms with Crippen molar-refractivity contribution in [1.82, 2.24) is 10.6 Å². The molecule has 0 fully saturated rings. The smallest absolute Gasteiger partial charge is 0.171 e. The van der Waals surface area contributed by atoms with Crippen LogP contribution >= 0.6 is 23.8 Å². The summed E-state index contributed by atoms with van der Waals surface area (Å²) >= 11 is 11.1. The minimum Gasteiger partial charge on any atom is -0.351 e. The summed E-state index contributed by atoms with van der Waals surface area (Å²) in [4.78, 5) is 12.2. The molecule has 2 N–H and O–H groups in total. The van der Waals surface area contributed by atoms with Crippen LogP contribution in [0.3, 0.4) is 0 Å². The van der Waals surface area contributed by atoms with E-state index in [1.54, 1.807) is 0 Å². The third-order valence-corrected chi connectivity index (χ3v) is 3.96. The number of hydrogen-bond acceptors (Lipinski definition) is 2. The van der Waals surface area contributed by atoms with E-state index < -0.39 is 0 Å². The third kappa shape index (κ3) is 2.38. The molecule has 1 heterocycles. The second-order valence-electron chi connectivity index (χ2n) is 4.75. The second kappa shape index (κ2) is 4.94. The molecule has 2 aliphatic rings. The number of carbonyl (C=O) groups is 1. The SMILES string of the molecule is O=C1CCCC2=C1C(c1ccc(Cl)cc1)NC(=S)N2. The predicted octanol–water partition coefficient (Wildman–Crippen LogP) is 2.87. The monoisotopic (exact) mass is 292 g/mol. The molecule has 1 atom stereocenters. The Balaban J connectivity index is 2.05. The standard InChI is InChI=1S/C14H13ClN2OS/c15-9-6-4-8(5-7-9)13-12-10(16-14(19)17-13)2-1-3-11(12)18/h4-7,13H,1-3H2,(H2,16,17,19). The van der Waals surface area contributed by atoms with Gasteiger partial charge in [-0.3, -0.25) is 4.79 Å². The fraction of sp³-hybridized carbons (Fsp3) is 0.286. The summed E-state index contributed by atoms with van der Waals surface area (Å²) in [6.07, 6.45) is 2.38. The van der Waals surface area contributed by atoms with E-state index in [1.807, 2.05) is 24.3 Å². The molecule has 98 valence electrons. The van der Waals surface area contributed by atoms with Crippen molar-refractivity contribution in [3.05, 3.63) is 46.1 Å². The Morgan fingerprint density at radius 2 is 1.95 bits per heavy atom. The highest BCUT2D eigenvalue weighted by atomic mass is 35.5. The van der Waals surface area contributed by atoms with Crippen molar-refractivity contribution in [2.24, 2.45) is 0 Å². The van der Waals surface area contributed by atoms with E-state index in [1.165, 1.54) is 0 Å². The summed E-state index contributed by atoms with van der Waals surface area (Å²) in [5, 5.41) is 7.56. The van der Waals surface area contributed by atoms with Crippen molar-refractivity contribution in [3.63, 3.8) is 0 Å². The first-order valence-corrected chi connectivity index (χ1v) is 7.03. The van der Waals surface area contributed by atoms with Gasteiger partial charge >= 0.3 is 0 Å². The summed E-state index contributed by atoms with van der Waals surface area (Å²) in [5.74, 6) is 0.198. The van der Waals surface area contributed by atoms with Crippen LogP contribution in [-0.4, -0.2) is 10.9 Å². The lowest BCUT2D eigenvalue weighted by atomic mass is 9.85. The molecule has 1 unspecified atom stereocenters. The largest absolute Gasteiger partial charge is 0.351 e. The molecular weight excluding hydrogens is 280 g/mol. The summed E-state index contributed by atoms with van der Waals surface area (Å²) in [6, 6.07) is 7.36. The van der Waals surface area contributed by atoms with Crippen molar-refractivity contribution in [1.29, 1.82) is 0 Å². The van der Waals surface area contributed by atoms with Crippen LogP contribution in [0.4, 0.5) is 0 Å². The lowest BCUT2D eigenvalue weighted by Gasteiger charge is -2.33. The Kier molecular flexibility index (Phi) is 3.29. The van der Waals surface area contributed by atoms with Crippen LogP contribution < -0.4 is 10.6 Å². The Morgan fingerprint density at radius 1 is 1.21 bits per heavy atom. The molecule has 0 radical (unpaired) electrons. The number of ketones is 1. The molecule has 1 aromatic carbocycles. The van der Waals surface area contributed by atoms with Crippen molar-refractivity contribution >= 4 is 34.7 Å². The van der Waals surface area contributed by atoms with Crippen LogP contribution in [0.1, 0.15) is 30.9 Å². The summed E-state index contributed by atoms with van der Waals surface area (Å²) in [5.41, 5.74) is 2.80. The van der Waals surface area contributed by atoms with E-state index >= 15 is 0 Å². The average molecular weight is 293 g/mol. The van der Waals surface area contributed by atoms with Gasteiger partial charge in [0.15, 0.2) is 10.9 Å². The average Bonchev–Trinajstić information content (AvgIpc) is 2.38. The van der Waals surface area contributed by atoms with Gasteiger partial charge in [0, 0.05) is 22.7 Å². The number of hydrogen-bond donors (Lipinski definition) is 2. The van der Waals surface area contributed by atoms with Gasteiger partial charge in [0.25, 0.3) is 0 Å². The van der Waals surface area contributed by atoms with Crippen LogP contribution in [0.15, 0.2) is 35.5 Å². The number of allylic oxidation sites excluding steroid dienone is 1. The van der Waals surface area contributed by atoms with Gasteiger partial charge in [0.05, 0.1) is 6.04 Å². The van der Waals surface area contributed by atoms with E-state index in [0.717, 1.165) is 29.7 Å². The topological polar surface area (TPSA) is 41.1 Å². The molecule has 0 spiro atoms. The third-order valence-electron chi connectivity index (χ3n) is 3.49. The summed E-state index contributed by atoms with van der Waals surface area (Å²) in [6.45, 7) is 0. The quantitative estimate of drug-likeness (QED) is 0.781. The lowest BCUT2D eigenvalue weighted by Crippen LogP contribution is -2.46. The molecule has 0 aromatic heterocycles. The molecule has 3 nitrogen and oxygen atoms in total. The second-order valence-corrected chi connectivity index (χ2v) is 5.60. The van der Waals surface area contributed by atoms with Gasteiger partial charge in [-0.25, -0.2) is 0 Å². The molecule has 0 amide bonds. The van der Waals surface area contributed by atoms with Gasteiger partial charge in [0.2, 0.25) is 0 Å². The van der Waals surface area contributed by atoms with Gasteiger partial charge in [-0.15, -0.1) is 0 Å². The van der Waals surface area contributed by atoms with Crippen molar-refractivity contribution < 1.29 is 4.79 Å². The molecule has 5 heteroatoms. The van der Waals surface area contributed by atoms with E-state index in [4.69, 9.17) is 23.8 Å². The fourth-order valence-electron chi connectivity index (χ4n) is 2.61. The Morgan fingerprint density at radius 3 is 2.68 bits per heavy atom. The van der Waals surface area contributed by atoms with Crippen molar-refractivity contribution in [2.45, 2.75) is 25.3 Å². The molecule has 0 bridgehead atoms. The lowest BCUT2D eigenvalue weighted by molar-refractivity contribution is -0.116. The fourth-order valence-corrected chi connectivity index (χ4v) is 2.98. The number of rotatable bonds is 1. The van der Waals surface area contributed by atoms with Crippen LogP contribution in [0, 0.1) is 0 Å². The Bertz CT molecular complexity index is 580. The molecule has 1 aromatic rings. The van der Waals surface area contributed by atoms with Crippen LogP contribution in [0.25, 0.3) is 0 Å².